The predicted octanol–water partition coefficient (Wildman–Crippen LogP) is 17.6. The van der Waals surface area contributed by atoms with E-state index in [1.165, 1.54) is 167 Å². The number of fused-ring (bicyclic) bond motifs is 12. The summed E-state index contributed by atoms with van der Waals surface area (Å²) in [4.78, 5) is 0. The fourth-order valence-electron chi connectivity index (χ4n) is 11.7. The number of rotatable bonds is 14. The molecule has 326 valence electrons. The summed E-state index contributed by atoms with van der Waals surface area (Å²) in [6.07, 6.45) is 13.0. The molecular formula is C62H58N4. The Bertz CT molecular complexity index is 3770. The molecule has 0 N–H and O–H groups in total. The Morgan fingerprint density at radius 2 is 0.773 bits per heavy atom. The minimum Gasteiger partial charge on any atom is -0.344 e. The zero-order valence-electron chi connectivity index (χ0n) is 38.6. The van der Waals surface area contributed by atoms with Gasteiger partial charge in [-0.25, -0.2) is 0 Å². The van der Waals surface area contributed by atoms with Crippen LogP contribution in [0.5, 0.6) is 0 Å². The summed E-state index contributed by atoms with van der Waals surface area (Å²) < 4.78 is 10.2. The lowest BCUT2D eigenvalue weighted by molar-refractivity contribution is 0.418. The van der Waals surface area contributed by atoms with E-state index in [9.17, 15) is 0 Å². The Balaban J connectivity index is 0.986. The van der Waals surface area contributed by atoms with Gasteiger partial charge in [-0.05, 0) is 110 Å². The first-order valence-corrected chi connectivity index (χ1v) is 24.6. The van der Waals surface area contributed by atoms with Crippen LogP contribution in [0, 0.1) is 6.92 Å². The lowest BCUT2D eigenvalue weighted by Crippen LogP contribution is -2.18. The Morgan fingerprint density at radius 1 is 0.364 bits per heavy atom. The average Bonchev–Trinajstić information content (AvgIpc) is 4.06. The molecule has 1 unspecified atom stereocenters. The first-order chi connectivity index (χ1) is 32.6. The van der Waals surface area contributed by atoms with Gasteiger partial charge in [-0.15, -0.1) is 0 Å². The normalized spacial score (nSPS) is 12.7. The molecule has 8 aromatic carbocycles. The highest BCUT2D eigenvalue weighted by Crippen LogP contribution is 2.42. The van der Waals surface area contributed by atoms with Gasteiger partial charge in [0.1, 0.15) is 6.17 Å². The molecule has 12 aromatic rings. The summed E-state index contributed by atoms with van der Waals surface area (Å²) in [5, 5.41) is 10.4. The van der Waals surface area contributed by atoms with E-state index < -0.39 is 0 Å². The first kappa shape index (κ1) is 40.5. The minimum atomic E-state index is 0.104. The summed E-state index contributed by atoms with van der Waals surface area (Å²) in [5.74, 6) is 0. The molecule has 0 amide bonds. The maximum absolute atomic E-state index is 2.69. The molecule has 4 nitrogen and oxygen atoms in total. The van der Waals surface area contributed by atoms with E-state index in [4.69, 9.17) is 0 Å². The predicted molar refractivity (Wildman–Crippen MR) is 284 cm³/mol. The molecule has 0 aliphatic heterocycles. The van der Waals surface area contributed by atoms with Crippen molar-refractivity contribution in [2.24, 2.45) is 7.05 Å². The van der Waals surface area contributed by atoms with Gasteiger partial charge in [-0.2, -0.15) is 0 Å². The third kappa shape index (κ3) is 6.64. The maximum Gasteiger partial charge on any atom is 0.111 e. The molecule has 0 fully saturated rings. The molecule has 0 bridgehead atoms. The van der Waals surface area contributed by atoms with Gasteiger partial charge in [0.2, 0.25) is 0 Å². The molecule has 4 heteroatoms. The number of aromatic nitrogens is 4. The lowest BCUT2D eigenvalue weighted by atomic mass is 10.0. The van der Waals surface area contributed by atoms with E-state index in [-0.39, 0.29) is 6.17 Å². The van der Waals surface area contributed by atoms with E-state index >= 15 is 0 Å². The number of nitrogens with zero attached hydrogens (tertiary/aromatic N) is 4. The molecule has 4 aromatic heterocycles. The number of para-hydroxylation sites is 4. The summed E-state index contributed by atoms with van der Waals surface area (Å²) >= 11 is 0. The van der Waals surface area contributed by atoms with Crippen LogP contribution < -0.4 is 0 Å². The standard InChI is InChI=1S/C62H58N4/c1-4-5-6-7-8-9-10-11-12-29-62(65-57-27-19-15-22-47(57)50-38-42(2)30-34-60(50)65)66-58-28-20-16-24-49(58)53-41-45(33-37-61(53)66)64-56-26-18-14-23-48(56)52-40-44(32-36-59(52)64)43-31-35-55-51(39-43)46-21-13-17-25-54(46)63(55)3/h13-28,30-41,62H,4-12,29H2,1-3H3. The topological polar surface area (TPSA) is 19.7 Å². The highest BCUT2D eigenvalue weighted by molar-refractivity contribution is 6.14. The number of hydrogen-bond donors (Lipinski definition) is 0. The van der Waals surface area contributed by atoms with E-state index in [2.05, 4.69) is 209 Å². The van der Waals surface area contributed by atoms with Crippen molar-refractivity contribution in [1.82, 2.24) is 18.3 Å². The molecular weight excluding hydrogens is 801 g/mol. The van der Waals surface area contributed by atoms with E-state index in [1.807, 2.05) is 0 Å². The molecule has 0 aliphatic carbocycles. The number of aryl methyl sites for hydroxylation is 2. The van der Waals surface area contributed by atoms with Crippen LogP contribution >= 0.6 is 0 Å². The Labute approximate surface area is 387 Å². The van der Waals surface area contributed by atoms with Crippen molar-refractivity contribution in [3.05, 3.63) is 175 Å². The van der Waals surface area contributed by atoms with Gasteiger partial charge in [0.25, 0.3) is 0 Å². The molecule has 0 aliphatic rings. The van der Waals surface area contributed by atoms with Gasteiger partial charge in [0.15, 0.2) is 0 Å². The smallest absolute Gasteiger partial charge is 0.111 e. The van der Waals surface area contributed by atoms with Crippen molar-refractivity contribution in [2.75, 3.05) is 0 Å². The number of unbranched alkanes of at least 4 members (excludes halogenated alkanes) is 8. The van der Waals surface area contributed by atoms with E-state index in [0.717, 1.165) is 6.42 Å². The van der Waals surface area contributed by atoms with Crippen LogP contribution in [-0.4, -0.2) is 18.3 Å². The molecule has 4 heterocycles. The van der Waals surface area contributed by atoms with Crippen LogP contribution in [0.15, 0.2) is 170 Å². The maximum atomic E-state index is 2.69. The zero-order valence-corrected chi connectivity index (χ0v) is 38.6. The summed E-state index contributed by atoms with van der Waals surface area (Å²) in [7, 11) is 2.17. The summed E-state index contributed by atoms with van der Waals surface area (Å²) in [5.41, 5.74) is 15.1. The SMILES string of the molecule is CCCCCCCCCCCC(n1c2ccccc2c2cc(C)ccc21)n1c2ccccc2c2cc(-n3c4ccccc4c4cc(-c5ccc6c(c5)c5ccccc5n6C)ccc43)ccc21. The van der Waals surface area contributed by atoms with Crippen LogP contribution in [0.4, 0.5) is 0 Å². The Kier molecular flexibility index (Phi) is 10.3. The van der Waals surface area contributed by atoms with Gasteiger partial charge >= 0.3 is 0 Å². The fraction of sp³-hybridized carbons (Fsp3) is 0.226. The second-order valence-corrected chi connectivity index (χ2v) is 19.0. The summed E-state index contributed by atoms with van der Waals surface area (Å²) in [6, 6.07) is 64.2. The van der Waals surface area contributed by atoms with E-state index in [1.54, 1.807) is 0 Å². The average molecular weight is 859 g/mol. The van der Waals surface area contributed by atoms with Crippen LogP contribution in [0.2, 0.25) is 0 Å². The van der Waals surface area contributed by atoms with Crippen LogP contribution in [0.1, 0.15) is 82.9 Å². The molecule has 1 atom stereocenters. The minimum absolute atomic E-state index is 0.104. The third-order valence-electron chi connectivity index (χ3n) is 14.9. The molecule has 66 heavy (non-hydrogen) atoms. The van der Waals surface area contributed by atoms with Crippen molar-refractivity contribution < 1.29 is 0 Å². The summed E-state index contributed by atoms with van der Waals surface area (Å²) in [6.45, 7) is 4.53. The second-order valence-electron chi connectivity index (χ2n) is 19.0. The number of benzene rings is 8. The van der Waals surface area contributed by atoms with E-state index in [0.29, 0.717) is 0 Å². The van der Waals surface area contributed by atoms with Crippen molar-refractivity contribution in [2.45, 2.75) is 84.2 Å². The molecule has 0 saturated heterocycles. The van der Waals surface area contributed by atoms with Gasteiger partial charge < -0.3 is 18.3 Å². The molecule has 0 spiro atoms. The van der Waals surface area contributed by atoms with Crippen LogP contribution in [-0.2, 0) is 7.05 Å². The van der Waals surface area contributed by atoms with Gasteiger partial charge in [-0.3, -0.25) is 0 Å². The van der Waals surface area contributed by atoms with Crippen molar-refractivity contribution in [3.8, 4) is 16.8 Å². The molecule has 12 rings (SSSR count). The van der Waals surface area contributed by atoms with Crippen LogP contribution in [0.25, 0.3) is 104 Å². The Hall–Kier alpha value is -7.04. The van der Waals surface area contributed by atoms with Crippen molar-refractivity contribution >= 4 is 87.2 Å². The monoisotopic (exact) mass is 858 g/mol. The highest BCUT2D eigenvalue weighted by atomic mass is 15.2. The fourth-order valence-corrected chi connectivity index (χ4v) is 11.7. The van der Waals surface area contributed by atoms with Gasteiger partial charge in [0.05, 0.1) is 33.1 Å². The largest absolute Gasteiger partial charge is 0.344 e. The highest BCUT2D eigenvalue weighted by Gasteiger charge is 2.25. The first-order valence-electron chi connectivity index (χ1n) is 24.6. The Morgan fingerprint density at radius 3 is 1.41 bits per heavy atom. The second kappa shape index (κ2) is 16.7. The molecule has 0 saturated carbocycles. The lowest BCUT2D eigenvalue weighted by Gasteiger charge is -2.26. The third-order valence-corrected chi connectivity index (χ3v) is 14.9. The number of hydrogen-bond acceptors (Lipinski definition) is 0. The van der Waals surface area contributed by atoms with Gasteiger partial charge in [-0.1, -0.05) is 155 Å². The van der Waals surface area contributed by atoms with Crippen LogP contribution in [0.3, 0.4) is 0 Å². The van der Waals surface area contributed by atoms with Crippen molar-refractivity contribution in [3.63, 3.8) is 0 Å². The van der Waals surface area contributed by atoms with Gasteiger partial charge in [0, 0.05) is 66.9 Å². The zero-order chi connectivity index (χ0) is 44.3. The van der Waals surface area contributed by atoms with Crippen molar-refractivity contribution in [1.29, 1.82) is 0 Å². The molecule has 0 radical (unpaired) electrons. The quantitative estimate of drug-likeness (QED) is 0.0971.